The number of nitrogens with zero attached hydrogens (tertiary/aromatic N) is 1. The van der Waals surface area contributed by atoms with Crippen molar-refractivity contribution in [2.24, 2.45) is 0 Å². The smallest absolute Gasteiger partial charge is 0.149 e. The van der Waals surface area contributed by atoms with E-state index in [-0.39, 0.29) is 5.69 Å². The number of benzene rings is 1. The minimum Gasteiger partial charge on any atom is -0.456 e. The van der Waals surface area contributed by atoms with Crippen LogP contribution in [-0.2, 0) is 0 Å². The molecule has 4 nitrogen and oxygen atoms in total. The second kappa shape index (κ2) is 4.58. The van der Waals surface area contributed by atoms with Gasteiger partial charge in [-0.2, -0.15) is 0 Å². The fourth-order valence-electron chi connectivity index (χ4n) is 1.22. The van der Waals surface area contributed by atoms with Gasteiger partial charge in [-0.1, -0.05) is 0 Å². The van der Waals surface area contributed by atoms with Gasteiger partial charge in [-0.05, 0) is 28.1 Å². The first-order valence-electron chi connectivity index (χ1n) is 4.71. The lowest BCUT2D eigenvalue weighted by Gasteiger charge is -2.09. The third-order valence-corrected chi connectivity index (χ3v) is 2.88. The van der Waals surface area contributed by atoms with Crippen LogP contribution in [0.4, 0.5) is 15.9 Å². The molecule has 2 rings (SSSR count). The molecule has 0 aliphatic heterocycles. The number of aromatic nitrogens is 1. The van der Waals surface area contributed by atoms with Gasteiger partial charge >= 0.3 is 0 Å². The molecule has 0 unspecified atom stereocenters. The highest BCUT2D eigenvalue weighted by Gasteiger charge is 2.08. The van der Waals surface area contributed by atoms with Crippen LogP contribution >= 0.6 is 15.9 Å². The normalized spacial score (nSPS) is 10.2. The maximum Gasteiger partial charge on any atom is 0.149 e. The Bertz CT molecular complexity index is 562. The van der Waals surface area contributed by atoms with Crippen molar-refractivity contribution in [2.45, 2.75) is 0 Å². The van der Waals surface area contributed by atoms with Crippen LogP contribution in [0.5, 0.6) is 11.5 Å². The second-order valence-electron chi connectivity index (χ2n) is 3.29. The molecule has 0 saturated carbocycles. The summed E-state index contributed by atoms with van der Waals surface area (Å²) in [6.07, 6.45) is 1.50. The van der Waals surface area contributed by atoms with Gasteiger partial charge in [-0.15, -0.1) is 0 Å². The number of halogens is 2. The Balaban J connectivity index is 2.31. The lowest BCUT2D eigenvalue weighted by molar-refractivity contribution is 0.474. The number of nitrogen functional groups attached to an aromatic ring is 2. The summed E-state index contributed by atoms with van der Waals surface area (Å²) >= 11 is 3.24. The Morgan fingerprint density at radius 3 is 2.71 bits per heavy atom. The van der Waals surface area contributed by atoms with Gasteiger partial charge in [0.2, 0.25) is 0 Å². The average molecular weight is 298 g/mol. The summed E-state index contributed by atoms with van der Waals surface area (Å²) in [5.74, 6) is 0.573. The van der Waals surface area contributed by atoms with Crippen molar-refractivity contribution in [3.8, 4) is 11.5 Å². The Kier molecular flexibility index (Phi) is 3.14. The van der Waals surface area contributed by atoms with Crippen molar-refractivity contribution in [3.05, 3.63) is 40.8 Å². The van der Waals surface area contributed by atoms with Gasteiger partial charge in [0, 0.05) is 18.3 Å². The van der Waals surface area contributed by atoms with Crippen LogP contribution in [0.3, 0.4) is 0 Å². The van der Waals surface area contributed by atoms with Crippen molar-refractivity contribution in [1.29, 1.82) is 0 Å². The van der Waals surface area contributed by atoms with Crippen LogP contribution in [0.15, 0.2) is 34.9 Å². The number of hydrogen-bond donors (Lipinski definition) is 2. The first kappa shape index (κ1) is 11.7. The molecule has 0 saturated heterocycles. The zero-order chi connectivity index (χ0) is 12.4. The van der Waals surface area contributed by atoms with E-state index in [9.17, 15) is 4.39 Å². The Labute approximate surface area is 106 Å². The molecule has 0 aliphatic rings. The summed E-state index contributed by atoms with van der Waals surface area (Å²) in [6.45, 7) is 0. The molecule has 0 radical (unpaired) electrons. The molecule has 6 heteroatoms. The number of hydrogen-bond acceptors (Lipinski definition) is 4. The predicted molar refractivity (Wildman–Crippen MR) is 67.2 cm³/mol. The van der Waals surface area contributed by atoms with Crippen molar-refractivity contribution < 1.29 is 9.13 Å². The average Bonchev–Trinajstić information content (AvgIpc) is 2.30. The second-order valence-corrected chi connectivity index (χ2v) is 4.09. The van der Waals surface area contributed by atoms with Gasteiger partial charge in [0.15, 0.2) is 0 Å². The molecule has 0 bridgehead atoms. The van der Waals surface area contributed by atoms with Crippen molar-refractivity contribution in [1.82, 2.24) is 4.98 Å². The minimum absolute atomic E-state index is 0.0747. The van der Waals surface area contributed by atoms with E-state index in [1.54, 1.807) is 12.1 Å². The molecule has 0 fully saturated rings. The quantitative estimate of drug-likeness (QED) is 0.836. The van der Waals surface area contributed by atoms with Crippen LogP contribution in [0, 0.1) is 5.82 Å². The largest absolute Gasteiger partial charge is 0.456 e. The van der Waals surface area contributed by atoms with Crippen molar-refractivity contribution in [2.75, 3.05) is 11.5 Å². The molecule has 0 aliphatic carbocycles. The molecular formula is C11H9BrFN3O. The molecule has 0 amide bonds. The molecule has 0 atom stereocenters. The molecule has 2 aromatic rings. The number of ether oxygens (including phenoxy) is 1. The number of rotatable bonds is 2. The van der Waals surface area contributed by atoms with Crippen molar-refractivity contribution >= 4 is 27.4 Å². The fraction of sp³-hybridized carbons (Fsp3) is 0. The standard InChI is InChI=1S/C11H9BrFN3O/c12-10-9(3-4-16-11(10)15)17-6-1-2-8(14)7(13)5-6/h1-5H,14H2,(H2,15,16). The SMILES string of the molecule is Nc1ccc(Oc2ccnc(N)c2Br)cc1F. The van der Waals surface area contributed by atoms with Crippen LogP contribution in [0.1, 0.15) is 0 Å². The lowest BCUT2D eigenvalue weighted by Crippen LogP contribution is -1.95. The predicted octanol–water partition coefficient (Wildman–Crippen LogP) is 2.94. The molecule has 0 spiro atoms. The summed E-state index contributed by atoms with van der Waals surface area (Å²) in [7, 11) is 0. The zero-order valence-electron chi connectivity index (χ0n) is 8.65. The minimum atomic E-state index is -0.527. The Morgan fingerprint density at radius 2 is 2.00 bits per heavy atom. The molecule has 17 heavy (non-hydrogen) atoms. The number of nitrogens with two attached hydrogens (primary N) is 2. The van der Waals surface area contributed by atoms with Crippen LogP contribution in [0.2, 0.25) is 0 Å². The van der Waals surface area contributed by atoms with E-state index >= 15 is 0 Å². The number of anilines is 2. The van der Waals surface area contributed by atoms with Gasteiger partial charge in [0.05, 0.1) is 5.69 Å². The molecule has 4 N–H and O–H groups in total. The summed E-state index contributed by atoms with van der Waals surface area (Å²) in [5, 5.41) is 0. The van der Waals surface area contributed by atoms with E-state index in [0.29, 0.717) is 21.8 Å². The van der Waals surface area contributed by atoms with E-state index in [2.05, 4.69) is 20.9 Å². The molecule has 1 aromatic heterocycles. The third kappa shape index (κ3) is 2.47. The lowest BCUT2D eigenvalue weighted by atomic mass is 10.3. The molecule has 88 valence electrons. The summed E-state index contributed by atoms with van der Waals surface area (Å²) in [5.41, 5.74) is 11.0. The Hall–Kier alpha value is -1.82. The van der Waals surface area contributed by atoms with E-state index in [0.717, 1.165) is 0 Å². The summed E-state index contributed by atoms with van der Waals surface area (Å²) in [6, 6.07) is 5.83. The topological polar surface area (TPSA) is 74.2 Å². The summed E-state index contributed by atoms with van der Waals surface area (Å²) in [4.78, 5) is 3.87. The first-order chi connectivity index (χ1) is 8.08. The molecular weight excluding hydrogens is 289 g/mol. The summed E-state index contributed by atoms with van der Waals surface area (Å²) < 4.78 is 19.2. The van der Waals surface area contributed by atoms with Gasteiger partial charge in [-0.25, -0.2) is 9.37 Å². The van der Waals surface area contributed by atoms with Gasteiger partial charge in [-0.3, -0.25) is 0 Å². The van der Waals surface area contributed by atoms with Gasteiger partial charge in [0.25, 0.3) is 0 Å². The van der Waals surface area contributed by atoms with Crippen LogP contribution in [-0.4, -0.2) is 4.98 Å². The first-order valence-corrected chi connectivity index (χ1v) is 5.50. The van der Waals surface area contributed by atoms with Crippen LogP contribution in [0.25, 0.3) is 0 Å². The van der Waals surface area contributed by atoms with E-state index in [4.69, 9.17) is 16.2 Å². The highest BCUT2D eigenvalue weighted by atomic mass is 79.9. The van der Waals surface area contributed by atoms with E-state index in [1.165, 1.54) is 18.3 Å². The fourth-order valence-corrected chi connectivity index (χ4v) is 1.53. The van der Waals surface area contributed by atoms with Crippen molar-refractivity contribution in [3.63, 3.8) is 0 Å². The maximum atomic E-state index is 13.2. The van der Waals surface area contributed by atoms with E-state index < -0.39 is 5.82 Å². The molecule has 1 heterocycles. The zero-order valence-corrected chi connectivity index (χ0v) is 10.2. The molecule has 1 aromatic carbocycles. The highest BCUT2D eigenvalue weighted by molar-refractivity contribution is 9.10. The van der Waals surface area contributed by atoms with Crippen LogP contribution < -0.4 is 16.2 Å². The Morgan fingerprint density at radius 1 is 1.24 bits per heavy atom. The number of pyridine rings is 1. The maximum absolute atomic E-state index is 13.2. The van der Waals surface area contributed by atoms with E-state index in [1.807, 2.05) is 0 Å². The third-order valence-electron chi connectivity index (χ3n) is 2.08. The monoisotopic (exact) mass is 297 g/mol. The van der Waals surface area contributed by atoms with Gasteiger partial charge in [0.1, 0.15) is 27.6 Å². The highest BCUT2D eigenvalue weighted by Crippen LogP contribution is 2.33. The van der Waals surface area contributed by atoms with Gasteiger partial charge < -0.3 is 16.2 Å².